The Hall–Kier alpha value is -0.370. The van der Waals surface area contributed by atoms with Crippen LogP contribution in [-0.4, -0.2) is 17.5 Å². The quantitative estimate of drug-likeness (QED) is 0.582. The third kappa shape index (κ3) is 1.52. The fourth-order valence-corrected chi connectivity index (χ4v) is 2.82. The Morgan fingerprint density at radius 2 is 2.15 bits per heavy atom. The maximum absolute atomic E-state index is 10.8. The molecular formula is C11H18O2. The van der Waals surface area contributed by atoms with Crippen molar-refractivity contribution in [2.75, 3.05) is 0 Å². The topological polar surface area (TPSA) is 26.3 Å². The molecule has 0 aromatic heterocycles. The summed E-state index contributed by atoms with van der Waals surface area (Å²) in [5, 5.41) is 0. The first-order valence-corrected chi connectivity index (χ1v) is 5.24. The minimum Gasteiger partial charge on any atom is -0.361 e. The average Bonchev–Trinajstić information content (AvgIpc) is 2.60. The van der Waals surface area contributed by atoms with Crippen molar-refractivity contribution < 1.29 is 9.53 Å². The van der Waals surface area contributed by atoms with E-state index in [2.05, 4.69) is 6.92 Å². The first-order valence-electron chi connectivity index (χ1n) is 5.24. The van der Waals surface area contributed by atoms with Gasteiger partial charge < -0.3 is 9.53 Å². The first kappa shape index (κ1) is 9.20. The summed E-state index contributed by atoms with van der Waals surface area (Å²) in [6.07, 6.45) is 6.52. The zero-order valence-corrected chi connectivity index (χ0v) is 8.51. The molecule has 0 aromatic carbocycles. The Labute approximate surface area is 79.7 Å². The molecule has 0 aromatic rings. The van der Waals surface area contributed by atoms with Crippen LogP contribution in [0.5, 0.6) is 0 Å². The largest absolute Gasteiger partial charge is 0.361 e. The second-order valence-corrected chi connectivity index (χ2v) is 5.06. The van der Waals surface area contributed by atoms with Crippen LogP contribution in [0.4, 0.5) is 0 Å². The van der Waals surface area contributed by atoms with E-state index in [-0.39, 0.29) is 5.60 Å². The zero-order chi connectivity index (χ0) is 9.53. The van der Waals surface area contributed by atoms with Crippen LogP contribution in [0.3, 0.4) is 0 Å². The van der Waals surface area contributed by atoms with Crippen molar-refractivity contribution >= 4 is 6.29 Å². The van der Waals surface area contributed by atoms with Crippen LogP contribution in [0, 0.1) is 5.92 Å². The molecule has 0 amide bonds. The smallest absolute Gasteiger partial charge is 0.151 e. The summed E-state index contributed by atoms with van der Waals surface area (Å²) in [7, 11) is 0. The fourth-order valence-electron chi connectivity index (χ4n) is 2.82. The lowest BCUT2D eigenvalue weighted by Crippen LogP contribution is -2.32. The Morgan fingerprint density at radius 3 is 2.62 bits per heavy atom. The molecule has 2 heteroatoms. The molecule has 74 valence electrons. The second kappa shape index (κ2) is 2.81. The van der Waals surface area contributed by atoms with E-state index in [1.54, 1.807) is 0 Å². The predicted octanol–water partition coefficient (Wildman–Crippen LogP) is 2.31. The van der Waals surface area contributed by atoms with Crippen LogP contribution in [0.25, 0.3) is 0 Å². The van der Waals surface area contributed by atoms with E-state index >= 15 is 0 Å². The monoisotopic (exact) mass is 182 g/mol. The molecule has 1 saturated heterocycles. The fraction of sp³-hybridized carbons (Fsp3) is 0.909. The first-order chi connectivity index (χ1) is 6.08. The predicted molar refractivity (Wildman–Crippen MR) is 50.5 cm³/mol. The van der Waals surface area contributed by atoms with Gasteiger partial charge in [-0.15, -0.1) is 0 Å². The van der Waals surface area contributed by atoms with Crippen LogP contribution < -0.4 is 0 Å². The van der Waals surface area contributed by atoms with Crippen molar-refractivity contribution in [1.29, 1.82) is 0 Å². The maximum Gasteiger partial charge on any atom is 0.151 e. The average molecular weight is 182 g/mol. The number of rotatable bonds is 1. The molecule has 2 aliphatic rings. The van der Waals surface area contributed by atoms with Gasteiger partial charge in [0, 0.05) is 0 Å². The molecule has 1 aliphatic heterocycles. The molecule has 2 rings (SSSR count). The maximum atomic E-state index is 10.8. The molecule has 2 nitrogen and oxygen atoms in total. The van der Waals surface area contributed by atoms with Crippen molar-refractivity contribution in [1.82, 2.24) is 0 Å². The summed E-state index contributed by atoms with van der Waals surface area (Å²) in [6.45, 7) is 4.19. The lowest BCUT2D eigenvalue weighted by molar-refractivity contribution is -0.137. The Balaban J connectivity index is 2.09. The Bertz CT molecular complexity index is 226. The highest BCUT2D eigenvalue weighted by Crippen LogP contribution is 2.48. The van der Waals surface area contributed by atoms with E-state index in [0.29, 0.717) is 0 Å². The summed E-state index contributed by atoms with van der Waals surface area (Å²) in [4.78, 5) is 10.8. The molecule has 1 aliphatic carbocycles. The van der Waals surface area contributed by atoms with Gasteiger partial charge in [0.15, 0.2) is 6.29 Å². The summed E-state index contributed by atoms with van der Waals surface area (Å²) >= 11 is 0. The number of hydrogen-bond donors (Lipinski definition) is 0. The lowest BCUT2D eigenvalue weighted by atomic mass is 9.95. The minimum absolute atomic E-state index is 0.0646. The molecule has 0 N–H and O–H groups in total. The van der Waals surface area contributed by atoms with Gasteiger partial charge in [-0.25, -0.2) is 0 Å². The number of carbonyl (C=O) groups excluding carboxylic acids is 1. The molecule has 3 atom stereocenters. The molecule has 3 unspecified atom stereocenters. The summed E-state index contributed by atoms with van der Waals surface area (Å²) in [6, 6.07) is 0. The van der Waals surface area contributed by atoms with Crippen LogP contribution in [0.2, 0.25) is 0 Å². The highest BCUT2D eigenvalue weighted by molar-refractivity contribution is 5.62. The van der Waals surface area contributed by atoms with E-state index in [1.165, 1.54) is 6.42 Å². The van der Waals surface area contributed by atoms with Gasteiger partial charge in [0.05, 0.1) is 5.60 Å². The van der Waals surface area contributed by atoms with E-state index in [0.717, 1.165) is 37.9 Å². The van der Waals surface area contributed by atoms with E-state index in [9.17, 15) is 4.79 Å². The van der Waals surface area contributed by atoms with Crippen LogP contribution >= 0.6 is 0 Å². The van der Waals surface area contributed by atoms with Crippen molar-refractivity contribution in [3.8, 4) is 0 Å². The number of ether oxygens (including phenoxy) is 1. The molecule has 1 saturated carbocycles. The summed E-state index contributed by atoms with van der Waals surface area (Å²) in [5.74, 6) is 0.772. The molecular weight excluding hydrogens is 164 g/mol. The standard InChI is InChI=1S/C11H18O2/c1-9-3-4-11(7-9)6-5-10(2,8-12)13-11/h8-9H,3-7H2,1-2H3. The van der Waals surface area contributed by atoms with Gasteiger partial charge in [0.2, 0.25) is 0 Å². The van der Waals surface area contributed by atoms with Gasteiger partial charge in [0.25, 0.3) is 0 Å². The third-order valence-corrected chi connectivity index (χ3v) is 3.59. The molecule has 0 radical (unpaired) electrons. The summed E-state index contributed by atoms with van der Waals surface area (Å²) in [5.41, 5.74) is -0.418. The van der Waals surface area contributed by atoms with E-state index in [1.807, 2.05) is 6.92 Å². The highest BCUT2D eigenvalue weighted by Gasteiger charge is 2.49. The van der Waals surface area contributed by atoms with Gasteiger partial charge in [-0.05, 0) is 44.9 Å². The normalized spacial score (nSPS) is 50.2. The van der Waals surface area contributed by atoms with Crippen molar-refractivity contribution in [3.05, 3.63) is 0 Å². The van der Waals surface area contributed by atoms with E-state index < -0.39 is 5.60 Å². The van der Waals surface area contributed by atoms with Gasteiger partial charge in [0.1, 0.15) is 5.60 Å². The van der Waals surface area contributed by atoms with Crippen molar-refractivity contribution in [3.63, 3.8) is 0 Å². The van der Waals surface area contributed by atoms with Crippen molar-refractivity contribution in [2.24, 2.45) is 5.92 Å². The Kier molecular flexibility index (Phi) is 1.99. The second-order valence-electron chi connectivity index (χ2n) is 5.06. The lowest BCUT2D eigenvalue weighted by Gasteiger charge is -2.26. The molecule has 2 fully saturated rings. The molecule has 1 heterocycles. The SMILES string of the molecule is CC1CCC2(CCC(C)(C=O)O2)C1. The number of carbonyl (C=O) groups is 1. The van der Waals surface area contributed by atoms with Crippen LogP contribution in [0.15, 0.2) is 0 Å². The van der Waals surface area contributed by atoms with E-state index in [4.69, 9.17) is 4.74 Å². The summed E-state index contributed by atoms with van der Waals surface area (Å²) < 4.78 is 5.95. The number of hydrogen-bond acceptors (Lipinski definition) is 2. The third-order valence-electron chi connectivity index (χ3n) is 3.59. The zero-order valence-electron chi connectivity index (χ0n) is 8.51. The Morgan fingerprint density at radius 1 is 1.38 bits per heavy atom. The van der Waals surface area contributed by atoms with Gasteiger partial charge >= 0.3 is 0 Å². The van der Waals surface area contributed by atoms with Gasteiger partial charge in [-0.2, -0.15) is 0 Å². The van der Waals surface area contributed by atoms with Crippen molar-refractivity contribution in [2.45, 2.75) is 57.2 Å². The minimum atomic E-state index is -0.482. The molecule has 13 heavy (non-hydrogen) atoms. The number of aldehydes is 1. The highest BCUT2D eigenvalue weighted by atomic mass is 16.5. The van der Waals surface area contributed by atoms with Crippen LogP contribution in [0.1, 0.15) is 46.0 Å². The van der Waals surface area contributed by atoms with Gasteiger partial charge in [-0.3, -0.25) is 0 Å². The molecule has 0 bridgehead atoms. The molecule has 1 spiro atoms. The van der Waals surface area contributed by atoms with Crippen LogP contribution in [-0.2, 0) is 9.53 Å². The van der Waals surface area contributed by atoms with Gasteiger partial charge in [-0.1, -0.05) is 6.92 Å².